The number of allylic oxidation sites excluding steroid dienone is 4. The van der Waals surface area contributed by atoms with Crippen LogP contribution in [-0.4, -0.2) is 0 Å². The second kappa shape index (κ2) is 10.1. The van der Waals surface area contributed by atoms with Crippen LogP contribution in [0.3, 0.4) is 0 Å². The minimum Gasteiger partial charge on any atom is -0.0953 e. The normalized spacial score (nSPS) is 20.0. The first-order valence-electron chi connectivity index (χ1n) is 7.96. The minimum atomic E-state index is 0.442. The van der Waals surface area contributed by atoms with Crippen LogP contribution in [-0.2, 0) is 0 Å². The summed E-state index contributed by atoms with van der Waals surface area (Å²) >= 11 is 0. The average Bonchev–Trinajstić information content (AvgIpc) is 2.44. The summed E-state index contributed by atoms with van der Waals surface area (Å²) in [4.78, 5) is 0. The molecule has 0 radical (unpaired) electrons. The van der Waals surface area contributed by atoms with Gasteiger partial charge in [-0.3, -0.25) is 0 Å². The van der Waals surface area contributed by atoms with Gasteiger partial charge in [0.1, 0.15) is 0 Å². The maximum absolute atomic E-state index is 4.16. The molecule has 0 aromatic rings. The summed E-state index contributed by atoms with van der Waals surface area (Å²) in [5, 5.41) is 0. The van der Waals surface area contributed by atoms with Crippen molar-refractivity contribution in [3.8, 4) is 0 Å². The second-order valence-corrected chi connectivity index (χ2v) is 5.40. The van der Waals surface area contributed by atoms with Crippen LogP contribution in [0.1, 0.15) is 74.7 Å². The maximum Gasteiger partial charge on any atom is -0.0204 e. The van der Waals surface area contributed by atoms with E-state index in [1.54, 1.807) is 0 Å². The highest BCUT2D eigenvalue weighted by molar-refractivity contribution is 5.44. The van der Waals surface area contributed by atoms with E-state index in [-0.39, 0.29) is 0 Å². The van der Waals surface area contributed by atoms with Gasteiger partial charge in [-0.05, 0) is 47.3 Å². The molecule has 0 saturated carbocycles. The smallest absolute Gasteiger partial charge is 0.0204 e. The summed E-state index contributed by atoms with van der Waals surface area (Å²) in [6.45, 7) is 25.4. The van der Waals surface area contributed by atoms with Gasteiger partial charge < -0.3 is 0 Å². The van der Waals surface area contributed by atoms with Crippen LogP contribution in [0.15, 0.2) is 36.0 Å². The summed E-state index contributed by atoms with van der Waals surface area (Å²) < 4.78 is 0. The highest BCUT2D eigenvalue weighted by atomic mass is 14.3. The van der Waals surface area contributed by atoms with E-state index in [0.717, 1.165) is 12.8 Å². The largest absolute Gasteiger partial charge is 0.0953 e. The molecule has 0 aromatic carbocycles. The van der Waals surface area contributed by atoms with E-state index in [9.17, 15) is 0 Å². The van der Waals surface area contributed by atoms with Gasteiger partial charge in [-0.2, -0.15) is 0 Å². The van der Waals surface area contributed by atoms with Crippen LogP contribution in [0.25, 0.3) is 0 Å². The third-order valence-corrected chi connectivity index (χ3v) is 3.96. The van der Waals surface area contributed by atoms with Crippen molar-refractivity contribution < 1.29 is 0 Å². The molecule has 0 aromatic heterocycles. The van der Waals surface area contributed by atoms with Crippen LogP contribution < -0.4 is 0 Å². The number of hydrogen-bond donors (Lipinski definition) is 0. The summed E-state index contributed by atoms with van der Waals surface area (Å²) in [6.07, 6.45) is 5.83. The lowest BCUT2D eigenvalue weighted by atomic mass is 9.70. The molecule has 0 spiro atoms. The van der Waals surface area contributed by atoms with Crippen molar-refractivity contribution in [3.63, 3.8) is 0 Å². The first-order valence-corrected chi connectivity index (χ1v) is 7.96. The maximum atomic E-state index is 4.16. The third kappa shape index (κ3) is 6.27. The topological polar surface area (TPSA) is 0 Å². The molecule has 0 nitrogen and oxygen atoms in total. The standard InChI is InChI=1S/C15H24.2C2H6/c1-7-11(2)13(4)14-8-9-15(5,6)12(3)10-14;2*1-2/h10,12H,2,4,7-9H2,1,3,5-6H3;2*1-2H3. The Morgan fingerprint density at radius 1 is 1.21 bits per heavy atom. The van der Waals surface area contributed by atoms with Gasteiger partial charge in [-0.15, -0.1) is 0 Å². The Balaban J connectivity index is 0. The Hall–Kier alpha value is -0.780. The zero-order valence-corrected chi connectivity index (χ0v) is 14.7. The molecule has 19 heavy (non-hydrogen) atoms. The van der Waals surface area contributed by atoms with Gasteiger partial charge in [0.2, 0.25) is 0 Å². The number of rotatable bonds is 3. The molecule has 0 heterocycles. The van der Waals surface area contributed by atoms with Gasteiger partial charge in [0.25, 0.3) is 0 Å². The van der Waals surface area contributed by atoms with E-state index in [1.165, 1.54) is 23.1 Å². The van der Waals surface area contributed by atoms with E-state index < -0.39 is 0 Å². The Bertz CT molecular complexity index is 302. The summed E-state index contributed by atoms with van der Waals surface area (Å²) in [5.74, 6) is 0.641. The molecule has 0 saturated heterocycles. The van der Waals surface area contributed by atoms with Crippen LogP contribution in [0.5, 0.6) is 0 Å². The molecule has 1 aliphatic carbocycles. The fourth-order valence-corrected chi connectivity index (χ4v) is 1.99. The average molecular weight is 264 g/mol. The predicted molar refractivity (Wildman–Crippen MR) is 91.5 cm³/mol. The van der Waals surface area contributed by atoms with Gasteiger partial charge in [0.15, 0.2) is 0 Å². The van der Waals surface area contributed by atoms with Crippen molar-refractivity contribution in [1.82, 2.24) is 0 Å². The minimum absolute atomic E-state index is 0.442. The van der Waals surface area contributed by atoms with Gasteiger partial charge in [-0.1, -0.05) is 74.6 Å². The zero-order valence-electron chi connectivity index (χ0n) is 14.7. The highest BCUT2D eigenvalue weighted by Crippen LogP contribution is 2.41. The summed E-state index contributed by atoms with van der Waals surface area (Å²) in [6, 6.07) is 0. The molecule has 1 rings (SSSR count). The van der Waals surface area contributed by atoms with Crippen LogP contribution in [0.2, 0.25) is 0 Å². The van der Waals surface area contributed by atoms with Crippen molar-refractivity contribution in [2.45, 2.75) is 74.7 Å². The third-order valence-electron chi connectivity index (χ3n) is 3.96. The van der Waals surface area contributed by atoms with Crippen LogP contribution >= 0.6 is 0 Å². The molecule has 1 aliphatic rings. The van der Waals surface area contributed by atoms with E-state index >= 15 is 0 Å². The molecule has 1 unspecified atom stereocenters. The van der Waals surface area contributed by atoms with Crippen molar-refractivity contribution in [3.05, 3.63) is 36.0 Å². The quantitative estimate of drug-likeness (QED) is 0.484. The van der Waals surface area contributed by atoms with Gasteiger partial charge in [0.05, 0.1) is 0 Å². The van der Waals surface area contributed by atoms with Crippen molar-refractivity contribution in [2.24, 2.45) is 11.3 Å². The Morgan fingerprint density at radius 2 is 1.68 bits per heavy atom. The Morgan fingerprint density at radius 3 is 2.05 bits per heavy atom. The molecule has 0 N–H and O–H groups in total. The van der Waals surface area contributed by atoms with Crippen molar-refractivity contribution in [1.29, 1.82) is 0 Å². The number of hydrogen-bond acceptors (Lipinski definition) is 0. The van der Waals surface area contributed by atoms with Gasteiger partial charge in [0, 0.05) is 0 Å². The van der Waals surface area contributed by atoms with Crippen molar-refractivity contribution >= 4 is 0 Å². The van der Waals surface area contributed by atoms with Crippen molar-refractivity contribution in [2.75, 3.05) is 0 Å². The molecule has 0 bridgehead atoms. The predicted octanol–water partition coefficient (Wildman–Crippen LogP) is 6.94. The second-order valence-electron chi connectivity index (χ2n) is 5.40. The summed E-state index contributed by atoms with van der Waals surface area (Å²) in [5.41, 5.74) is 4.24. The Kier molecular flexibility index (Phi) is 10.9. The lowest BCUT2D eigenvalue weighted by Crippen LogP contribution is -2.24. The van der Waals surface area contributed by atoms with Gasteiger partial charge >= 0.3 is 0 Å². The van der Waals surface area contributed by atoms with Crippen LogP contribution in [0, 0.1) is 11.3 Å². The van der Waals surface area contributed by atoms with Gasteiger partial charge in [-0.25, -0.2) is 0 Å². The summed E-state index contributed by atoms with van der Waals surface area (Å²) in [7, 11) is 0. The zero-order chi connectivity index (χ0) is 15.6. The molecule has 0 amide bonds. The molecular weight excluding hydrogens is 228 g/mol. The SMILES string of the molecule is C=C(CC)C(=C)C1=CC(C)C(C)(C)CC1.CC.CC. The first kappa shape index (κ1) is 20.5. The van der Waals surface area contributed by atoms with E-state index in [4.69, 9.17) is 0 Å². The Labute approximate surface area is 122 Å². The van der Waals surface area contributed by atoms with E-state index in [1.807, 2.05) is 27.7 Å². The van der Waals surface area contributed by atoms with Crippen LogP contribution in [0.4, 0.5) is 0 Å². The molecule has 1 atom stereocenters. The van der Waals surface area contributed by atoms with E-state index in [2.05, 4.69) is 46.9 Å². The molecular formula is C19H36. The highest BCUT2D eigenvalue weighted by Gasteiger charge is 2.29. The first-order chi connectivity index (χ1) is 8.88. The molecule has 0 heteroatoms. The van der Waals surface area contributed by atoms with E-state index in [0.29, 0.717) is 11.3 Å². The lowest BCUT2D eigenvalue weighted by Gasteiger charge is -2.35. The lowest BCUT2D eigenvalue weighted by molar-refractivity contribution is 0.240. The molecule has 0 fully saturated rings. The molecule has 112 valence electrons. The fraction of sp³-hybridized carbons (Fsp3) is 0.684. The monoisotopic (exact) mass is 264 g/mol. The fourth-order valence-electron chi connectivity index (χ4n) is 1.99. The molecule has 0 aliphatic heterocycles.